The second-order valence-corrected chi connectivity index (χ2v) is 11.2. The maximum absolute atomic E-state index is 13.8. The first-order valence-electron chi connectivity index (χ1n) is 13.7. The Morgan fingerprint density at radius 3 is 2.47 bits per heavy atom. The largest absolute Gasteiger partial charge is 0.507 e. The number of ketones is 1. The molecule has 3 heterocycles. The van der Waals surface area contributed by atoms with Gasteiger partial charge in [-0.3, -0.25) is 14.5 Å². The Morgan fingerprint density at radius 2 is 1.79 bits per heavy atom. The number of Topliss-reactive ketones (excluding diaryl/α,β-unsaturated/α-hetero) is 1. The third-order valence-electron chi connectivity index (χ3n) is 7.48. The fourth-order valence-corrected chi connectivity index (χ4v) is 6.60. The number of methoxy groups -OCH3 is 3. The lowest BCUT2D eigenvalue weighted by Crippen LogP contribution is -2.29. The zero-order valence-corrected chi connectivity index (χ0v) is 25.1. The van der Waals surface area contributed by atoms with Crippen LogP contribution in [-0.4, -0.2) is 55.8 Å². The van der Waals surface area contributed by atoms with E-state index in [4.69, 9.17) is 28.7 Å². The first-order valence-corrected chi connectivity index (χ1v) is 14.5. The van der Waals surface area contributed by atoms with E-state index in [1.54, 1.807) is 42.5 Å². The predicted octanol–water partition coefficient (Wildman–Crippen LogP) is 5.67. The summed E-state index contributed by atoms with van der Waals surface area (Å²) in [6.45, 7) is 4.36. The van der Waals surface area contributed by atoms with Gasteiger partial charge >= 0.3 is 5.91 Å². The number of aliphatic hydroxyl groups is 1. The lowest BCUT2D eigenvalue weighted by molar-refractivity contribution is -0.132. The van der Waals surface area contributed by atoms with E-state index in [1.807, 2.05) is 19.9 Å². The number of amides is 1. The summed E-state index contributed by atoms with van der Waals surface area (Å²) in [7, 11) is 4.45. The van der Waals surface area contributed by atoms with Gasteiger partial charge in [0.05, 0.1) is 49.8 Å². The number of ether oxygens (including phenoxy) is 5. The Hall–Kier alpha value is -4.77. The fourth-order valence-electron chi connectivity index (χ4n) is 5.58. The van der Waals surface area contributed by atoms with Gasteiger partial charge in [-0.15, -0.1) is 0 Å². The summed E-state index contributed by atoms with van der Waals surface area (Å²) in [6, 6.07) is 13.0. The van der Waals surface area contributed by atoms with Gasteiger partial charge in [0.1, 0.15) is 23.4 Å². The third kappa shape index (κ3) is 4.79. The molecule has 1 N–H and O–H groups in total. The van der Waals surface area contributed by atoms with E-state index in [2.05, 4.69) is 0 Å². The van der Waals surface area contributed by atoms with E-state index in [-0.39, 0.29) is 17.4 Å². The predicted molar refractivity (Wildman–Crippen MR) is 162 cm³/mol. The summed E-state index contributed by atoms with van der Waals surface area (Å²) in [5.41, 5.74) is 2.33. The van der Waals surface area contributed by atoms with E-state index in [1.165, 1.54) is 37.6 Å². The van der Waals surface area contributed by atoms with Crippen LogP contribution in [0.2, 0.25) is 0 Å². The summed E-state index contributed by atoms with van der Waals surface area (Å²) in [5, 5.41) is 12.0. The van der Waals surface area contributed by atoms with Crippen molar-refractivity contribution < 1.29 is 38.4 Å². The number of nitrogens with zero attached hydrogens (tertiary/aromatic N) is 2. The summed E-state index contributed by atoms with van der Waals surface area (Å²) < 4.78 is 28.9. The van der Waals surface area contributed by atoms with Crippen molar-refractivity contribution in [2.24, 2.45) is 0 Å². The number of carbonyl (C=O) groups excluding carboxylic acids is 2. The second kappa shape index (κ2) is 11.1. The molecule has 1 fully saturated rings. The van der Waals surface area contributed by atoms with Crippen molar-refractivity contribution in [3.8, 4) is 28.7 Å². The molecule has 3 aromatic carbocycles. The molecular weight excluding hydrogens is 572 g/mol. The molecule has 1 amide bonds. The van der Waals surface area contributed by atoms with Gasteiger partial charge in [0.2, 0.25) is 5.75 Å². The molecule has 2 atom stereocenters. The normalized spacial score (nSPS) is 19.0. The molecule has 0 spiro atoms. The average molecular weight is 603 g/mol. The molecule has 0 bridgehead atoms. The number of rotatable bonds is 8. The highest BCUT2D eigenvalue weighted by atomic mass is 32.1. The molecule has 0 unspecified atom stereocenters. The lowest BCUT2D eigenvalue weighted by Gasteiger charge is -2.24. The number of aliphatic hydroxyl groups excluding tert-OH is 1. The van der Waals surface area contributed by atoms with Crippen molar-refractivity contribution in [2.75, 3.05) is 32.8 Å². The molecule has 2 aliphatic heterocycles. The van der Waals surface area contributed by atoms with Crippen LogP contribution in [0.15, 0.2) is 54.1 Å². The highest BCUT2D eigenvalue weighted by Crippen LogP contribution is 2.48. The number of anilines is 1. The molecule has 222 valence electrons. The van der Waals surface area contributed by atoms with Crippen LogP contribution in [-0.2, 0) is 16.0 Å². The third-order valence-corrected chi connectivity index (χ3v) is 8.50. The van der Waals surface area contributed by atoms with E-state index in [9.17, 15) is 14.7 Å². The van der Waals surface area contributed by atoms with Crippen LogP contribution in [0.5, 0.6) is 28.7 Å². The summed E-state index contributed by atoms with van der Waals surface area (Å²) in [5.74, 6) is 0.449. The Bertz CT molecular complexity index is 1770. The minimum absolute atomic E-state index is 0.000479. The molecule has 4 aromatic rings. The summed E-state index contributed by atoms with van der Waals surface area (Å²) in [4.78, 5) is 33.6. The monoisotopic (exact) mass is 602 g/mol. The maximum Gasteiger partial charge on any atom is 0.301 e. The highest BCUT2D eigenvalue weighted by molar-refractivity contribution is 7.22. The van der Waals surface area contributed by atoms with Crippen LogP contribution in [0.4, 0.5) is 5.13 Å². The van der Waals surface area contributed by atoms with Crippen LogP contribution < -0.4 is 28.6 Å². The highest BCUT2D eigenvalue weighted by Gasteiger charge is 2.49. The van der Waals surface area contributed by atoms with Crippen molar-refractivity contribution in [1.29, 1.82) is 0 Å². The smallest absolute Gasteiger partial charge is 0.301 e. The number of aromatic nitrogens is 1. The van der Waals surface area contributed by atoms with Crippen LogP contribution in [0.3, 0.4) is 0 Å². The molecule has 43 heavy (non-hydrogen) atoms. The van der Waals surface area contributed by atoms with Crippen molar-refractivity contribution >= 4 is 44.1 Å². The minimum Gasteiger partial charge on any atom is -0.507 e. The molecule has 2 aliphatic rings. The van der Waals surface area contributed by atoms with Gasteiger partial charge in [-0.1, -0.05) is 11.3 Å². The molecule has 6 rings (SSSR count). The van der Waals surface area contributed by atoms with Gasteiger partial charge in [0, 0.05) is 12.0 Å². The number of benzene rings is 3. The van der Waals surface area contributed by atoms with E-state index >= 15 is 0 Å². The summed E-state index contributed by atoms with van der Waals surface area (Å²) in [6.07, 6.45) is 0.663. The van der Waals surface area contributed by atoms with Crippen molar-refractivity contribution in [3.63, 3.8) is 0 Å². The summed E-state index contributed by atoms with van der Waals surface area (Å²) >= 11 is 1.25. The second-order valence-electron chi connectivity index (χ2n) is 10.1. The van der Waals surface area contributed by atoms with Gasteiger partial charge in [0.25, 0.3) is 5.78 Å². The van der Waals surface area contributed by atoms with E-state index in [0.717, 1.165) is 16.0 Å². The fraction of sp³-hybridized carbons (Fsp3) is 0.281. The maximum atomic E-state index is 13.8. The van der Waals surface area contributed by atoms with Crippen LogP contribution in [0.1, 0.15) is 36.6 Å². The molecule has 0 radical (unpaired) electrons. The van der Waals surface area contributed by atoms with Gasteiger partial charge in [-0.2, -0.15) is 0 Å². The van der Waals surface area contributed by atoms with Gasteiger partial charge in [0.15, 0.2) is 16.6 Å². The standard InChI is InChI=1S/C32H30N2O8S/c1-6-41-20-8-9-21-25(15-20)43-32(33-21)34-27(19-13-23(38-3)30(40-5)24(14-19)39-4)26(29(36)31(34)37)28(35)17-7-10-22-18(12-17)11-16(2)42-22/h7-10,12-16,27,35H,6,11H2,1-5H3/t16-,27+/m1/s1. The Morgan fingerprint density at radius 1 is 1.05 bits per heavy atom. The number of fused-ring (bicyclic) bond motifs is 2. The topological polar surface area (TPSA) is 117 Å². The van der Waals surface area contributed by atoms with Gasteiger partial charge in [-0.25, -0.2) is 4.98 Å². The zero-order valence-electron chi connectivity index (χ0n) is 24.3. The number of thiazole rings is 1. The van der Waals surface area contributed by atoms with Crippen molar-refractivity contribution in [2.45, 2.75) is 32.4 Å². The lowest BCUT2D eigenvalue weighted by atomic mass is 9.94. The molecule has 1 saturated heterocycles. The SMILES string of the molecule is CCOc1ccc2nc(N3C(=O)C(=O)C(=C(O)c4ccc5c(c4)C[C@@H](C)O5)[C@@H]3c3cc(OC)c(OC)c(OC)c3)sc2c1. The van der Waals surface area contributed by atoms with Gasteiger partial charge in [-0.05, 0) is 73.5 Å². The zero-order chi connectivity index (χ0) is 30.4. The first-order chi connectivity index (χ1) is 20.8. The van der Waals surface area contributed by atoms with E-state index in [0.29, 0.717) is 57.8 Å². The van der Waals surface area contributed by atoms with E-state index < -0.39 is 17.7 Å². The van der Waals surface area contributed by atoms with Crippen LogP contribution >= 0.6 is 11.3 Å². The van der Waals surface area contributed by atoms with Crippen LogP contribution in [0.25, 0.3) is 16.0 Å². The molecule has 0 aliphatic carbocycles. The molecule has 10 nitrogen and oxygen atoms in total. The first kappa shape index (κ1) is 28.4. The van der Waals surface area contributed by atoms with Crippen LogP contribution in [0, 0.1) is 0 Å². The molecule has 0 saturated carbocycles. The minimum atomic E-state index is -1.05. The van der Waals surface area contributed by atoms with Crippen molar-refractivity contribution in [3.05, 3.63) is 70.8 Å². The Kier molecular flexibility index (Phi) is 7.35. The number of hydrogen-bond acceptors (Lipinski definition) is 10. The quantitative estimate of drug-likeness (QED) is 0.155. The Labute approximate surface area is 252 Å². The molecule has 11 heteroatoms. The molecular formula is C32H30N2O8S. The van der Waals surface area contributed by atoms with Crippen molar-refractivity contribution in [1.82, 2.24) is 4.98 Å². The average Bonchev–Trinajstić information content (AvgIpc) is 3.67. The Balaban J connectivity index is 1.56. The molecule has 1 aromatic heterocycles. The number of carbonyl (C=O) groups is 2. The van der Waals surface area contributed by atoms with Gasteiger partial charge < -0.3 is 28.8 Å². The number of hydrogen-bond donors (Lipinski definition) is 1.